The van der Waals surface area contributed by atoms with Crippen LogP contribution < -0.4 is 38.4 Å². The van der Waals surface area contributed by atoms with Crippen molar-refractivity contribution in [3.8, 4) is 80.0 Å². The average molecular weight is 1420 g/mol. The van der Waals surface area contributed by atoms with Crippen LogP contribution in [0, 0.1) is 35.5 Å². The third-order valence-electron chi connectivity index (χ3n) is 21.1. The normalized spacial score (nSPS) is 13.7. The third-order valence-corrected chi connectivity index (χ3v) is 21.1. The molecule has 16 heteroatoms. The van der Waals surface area contributed by atoms with E-state index in [1.165, 1.54) is 0 Å². The molecule has 8 aromatic rings. The summed E-state index contributed by atoms with van der Waals surface area (Å²) in [5, 5.41) is 4.69. The van der Waals surface area contributed by atoms with Gasteiger partial charge in [-0.25, -0.2) is 9.97 Å². The van der Waals surface area contributed by atoms with Crippen molar-refractivity contribution in [3.63, 3.8) is 0 Å². The minimum absolute atomic E-state index is 0. The number of aromatic nitrogens is 8. The molecule has 6 atom stereocenters. The SMILES string of the molecule is CCCCC(CC)COc1cc2c(cc1OCC(CC)CCCC)-c1nc-2nc2[n-]c(nc3nc(nc4[n-]c(n1)c1cc5ccc(C=O)cc5cc41)-c1cc(OCC(CC)CCCC)c(OCC(CC)CCCC)cc1-3)c1cc(OCC(CC)CCCC)c(OCC(CC)CCCC)cc21.[Ni+2]. The predicted octanol–water partition coefficient (Wildman–Crippen LogP) is 22.7. The Morgan fingerprint density at radius 1 is 0.317 bits per heavy atom. The van der Waals surface area contributed by atoms with E-state index < -0.39 is 0 Å². The molecular formula is C85H114N8NiO7. The zero-order chi connectivity index (χ0) is 70.5. The predicted molar refractivity (Wildman–Crippen MR) is 410 cm³/mol. The molecule has 10 rings (SSSR count). The van der Waals surface area contributed by atoms with Crippen LogP contribution in [0.25, 0.3) is 100 Å². The molecule has 6 unspecified atom stereocenters. The van der Waals surface area contributed by atoms with Gasteiger partial charge in [0, 0.05) is 50.4 Å². The Labute approximate surface area is 612 Å². The van der Waals surface area contributed by atoms with Crippen molar-refractivity contribution >= 4 is 61.2 Å². The average Bonchev–Trinajstić information content (AvgIpc) is 1.60. The van der Waals surface area contributed by atoms with Gasteiger partial charge < -0.3 is 58.3 Å². The second-order valence-electron chi connectivity index (χ2n) is 28.5. The van der Waals surface area contributed by atoms with Gasteiger partial charge in [0.25, 0.3) is 0 Å². The minimum Gasteiger partial charge on any atom is -0.489 e. The molecule has 0 radical (unpaired) electrons. The van der Waals surface area contributed by atoms with Crippen molar-refractivity contribution in [1.29, 1.82) is 0 Å². The molecule has 2 aliphatic rings. The second-order valence-corrected chi connectivity index (χ2v) is 28.5. The van der Waals surface area contributed by atoms with Gasteiger partial charge >= 0.3 is 16.5 Å². The zero-order valence-electron chi connectivity index (χ0n) is 62.9. The molecule has 101 heavy (non-hydrogen) atoms. The first-order chi connectivity index (χ1) is 48.9. The molecule has 0 fully saturated rings. The van der Waals surface area contributed by atoms with Crippen molar-refractivity contribution in [2.45, 2.75) is 237 Å². The molecule has 0 aliphatic carbocycles. The van der Waals surface area contributed by atoms with Gasteiger partial charge in [-0.1, -0.05) is 211 Å². The van der Waals surface area contributed by atoms with Gasteiger partial charge in [-0.05, 0) is 161 Å². The summed E-state index contributed by atoms with van der Waals surface area (Å²) >= 11 is 0. The molecule has 0 N–H and O–H groups in total. The monoisotopic (exact) mass is 1420 g/mol. The number of fused-ring (bicyclic) bond motifs is 21. The number of hydrogen-bond donors (Lipinski definition) is 0. The Bertz CT molecular complexity index is 4170. The summed E-state index contributed by atoms with van der Waals surface area (Å²) in [4.78, 5) is 56.4. The Morgan fingerprint density at radius 2 is 0.564 bits per heavy atom. The van der Waals surface area contributed by atoms with Gasteiger partial charge in [-0.15, -0.1) is 0 Å². The molecule has 15 nitrogen and oxygen atoms in total. The van der Waals surface area contributed by atoms with Crippen LogP contribution >= 0.6 is 0 Å². The molecule has 8 bridgehead atoms. The van der Waals surface area contributed by atoms with Gasteiger partial charge in [0.2, 0.25) is 0 Å². The van der Waals surface area contributed by atoms with Crippen LogP contribution in [0.3, 0.4) is 0 Å². The Balaban J connectivity index is 0.0000119. The minimum atomic E-state index is 0. The van der Waals surface area contributed by atoms with E-state index in [4.69, 9.17) is 68.3 Å². The number of hydrogen-bond acceptors (Lipinski definition) is 13. The van der Waals surface area contributed by atoms with Crippen LogP contribution in [0.15, 0.2) is 66.7 Å². The molecular weight excluding hydrogens is 1300 g/mol. The second kappa shape index (κ2) is 38.8. The van der Waals surface area contributed by atoms with E-state index in [0.29, 0.717) is 172 Å². The topological polar surface area (TPSA) is 178 Å². The molecule has 0 spiro atoms. The summed E-state index contributed by atoms with van der Waals surface area (Å²) in [6.07, 6.45) is 26.7. The third kappa shape index (κ3) is 19.5. The molecule has 546 valence electrons. The number of carbonyl (C=O) groups excluding carboxylic acids is 1. The first kappa shape index (κ1) is 77.8. The number of aldehydes is 1. The molecule has 0 saturated heterocycles. The van der Waals surface area contributed by atoms with Gasteiger partial charge in [0.1, 0.15) is 6.29 Å². The molecule has 2 aliphatic heterocycles. The fourth-order valence-electron chi connectivity index (χ4n) is 13.8. The molecule has 5 aromatic carbocycles. The molecule has 0 amide bonds. The maximum absolute atomic E-state index is 12.4. The standard InChI is InChI=1S/C85H115N8O7.Ni/c1-13-25-31-55(19-7)49-95-72-42-66-68(44-74(72)97-51-57(21-9)33-27-15-3)82-89-80(66)87-78-64-40-62-38-37-61(48-94)39-63(62)41-65(64)79(86-78)88-81-67-43-73(96-50-56(20-8)32-26-14-2)75(98-52-58(22-10)34-28-16-4)45-69(67)83(90-81)92-85-71-47-77(100-54-60(24-12)36-30-18-6)76(46-70(71)84(91-82)93-85)99-53-59(23-11)35-29-17-5;/h37-48,55-60H,13-36,49-54H2,1-12H3,(H-,86,87,88,89,90,91,92,93,94);/q-1;+2/p-1. The fraction of sp³-hybridized carbons (Fsp3) is 0.565. The van der Waals surface area contributed by atoms with E-state index >= 15 is 0 Å². The van der Waals surface area contributed by atoms with Crippen LogP contribution in [-0.2, 0) is 16.5 Å². The van der Waals surface area contributed by atoms with Crippen molar-refractivity contribution in [2.75, 3.05) is 39.6 Å². The van der Waals surface area contributed by atoms with Crippen LogP contribution in [0.4, 0.5) is 0 Å². The van der Waals surface area contributed by atoms with Crippen LogP contribution in [0.1, 0.15) is 248 Å². The van der Waals surface area contributed by atoms with Crippen molar-refractivity contribution in [1.82, 2.24) is 39.9 Å². The van der Waals surface area contributed by atoms with Gasteiger partial charge in [-0.3, -0.25) is 4.79 Å². The number of carbonyl (C=O) groups is 1. The van der Waals surface area contributed by atoms with Crippen LogP contribution in [0.5, 0.6) is 34.5 Å². The summed E-state index contributed by atoms with van der Waals surface area (Å²) in [6.45, 7) is 30.2. The van der Waals surface area contributed by atoms with Gasteiger partial charge in [0.05, 0.1) is 62.9 Å². The van der Waals surface area contributed by atoms with E-state index in [-0.39, 0.29) is 16.5 Å². The van der Waals surface area contributed by atoms with Gasteiger partial charge in [-0.2, -0.15) is 0 Å². The smallest absolute Gasteiger partial charge is 0.489 e. The van der Waals surface area contributed by atoms with E-state index in [1.54, 1.807) is 0 Å². The Morgan fingerprint density at radius 3 is 0.812 bits per heavy atom. The Hall–Kier alpha value is -7.32. The first-order valence-corrected chi connectivity index (χ1v) is 39.0. The largest absolute Gasteiger partial charge is 2.00 e. The maximum atomic E-state index is 12.4. The van der Waals surface area contributed by atoms with Crippen molar-refractivity contribution in [3.05, 3.63) is 72.3 Å². The number of ether oxygens (including phenoxy) is 6. The quantitative estimate of drug-likeness (QED) is 0.0260. The van der Waals surface area contributed by atoms with Crippen molar-refractivity contribution < 1.29 is 49.7 Å². The number of nitrogens with zero attached hydrogens (tertiary/aromatic N) is 8. The van der Waals surface area contributed by atoms with E-state index in [2.05, 4.69) is 126 Å². The van der Waals surface area contributed by atoms with Crippen molar-refractivity contribution in [2.24, 2.45) is 35.5 Å². The maximum Gasteiger partial charge on any atom is 2.00 e. The summed E-state index contributed by atoms with van der Waals surface area (Å²) < 4.78 is 42.0. The number of unbranched alkanes of at least 4 members (excludes halogenated alkanes) is 6. The first-order valence-electron chi connectivity index (χ1n) is 39.0. The molecule has 3 aromatic heterocycles. The molecule has 0 saturated carbocycles. The van der Waals surface area contributed by atoms with E-state index in [9.17, 15) is 4.79 Å². The van der Waals surface area contributed by atoms with Crippen LogP contribution in [-0.4, -0.2) is 75.8 Å². The van der Waals surface area contributed by atoms with E-state index in [1.807, 2.05) is 24.3 Å². The van der Waals surface area contributed by atoms with Gasteiger partial charge in [0.15, 0.2) is 34.5 Å². The Kier molecular flexibility index (Phi) is 29.9. The molecule has 5 heterocycles. The number of rotatable bonds is 43. The fourth-order valence-corrected chi connectivity index (χ4v) is 13.8. The summed E-state index contributed by atoms with van der Waals surface area (Å²) in [5.74, 6) is 7.52. The summed E-state index contributed by atoms with van der Waals surface area (Å²) in [6, 6.07) is 22.2. The summed E-state index contributed by atoms with van der Waals surface area (Å²) in [5.41, 5.74) is 5.03. The van der Waals surface area contributed by atoms with Crippen LogP contribution in [0.2, 0.25) is 0 Å². The van der Waals surface area contributed by atoms with E-state index in [0.717, 1.165) is 204 Å². The number of benzene rings is 5. The summed E-state index contributed by atoms with van der Waals surface area (Å²) in [7, 11) is 0. The zero-order valence-corrected chi connectivity index (χ0v) is 63.8.